The second-order valence-corrected chi connectivity index (χ2v) is 4.98. The number of hydrogen-bond acceptors (Lipinski definition) is 3. The molecule has 7 heteroatoms. The zero-order valence-electron chi connectivity index (χ0n) is 13.8. The molecule has 0 aromatic heterocycles. The Morgan fingerprint density at radius 3 is 2.46 bits per heavy atom. The lowest BCUT2D eigenvalue weighted by Gasteiger charge is -2.11. The Labute approximate surface area is 158 Å². The molecule has 24 heavy (non-hydrogen) atoms. The summed E-state index contributed by atoms with van der Waals surface area (Å²) in [4.78, 5) is 4.20. The molecule has 0 aliphatic heterocycles. The standard InChI is InChI=1S/C17H20FN3O2.HI/c1-11-4-5-12(8-14(11)18)10-20-17(19)21-13-6-7-15(22-2)16(9-13)23-3;/h4-9H,10H2,1-3H3,(H3,19,20,21);1H. The molecule has 2 rings (SSSR count). The summed E-state index contributed by atoms with van der Waals surface area (Å²) >= 11 is 0. The Morgan fingerprint density at radius 1 is 1.12 bits per heavy atom. The summed E-state index contributed by atoms with van der Waals surface area (Å²) < 4.78 is 23.9. The highest BCUT2D eigenvalue weighted by Gasteiger charge is 2.05. The predicted molar refractivity (Wildman–Crippen MR) is 105 cm³/mol. The number of benzene rings is 2. The molecule has 0 heterocycles. The van der Waals surface area contributed by atoms with Gasteiger partial charge in [0.1, 0.15) is 5.82 Å². The summed E-state index contributed by atoms with van der Waals surface area (Å²) in [5.41, 5.74) is 7.94. The van der Waals surface area contributed by atoms with Crippen molar-refractivity contribution in [2.45, 2.75) is 13.5 Å². The number of methoxy groups -OCH3 is 2. The smallest absolute Gasteiger partial charge is 0.193 e. The third-order valence-electron chi connectivity index (χ3n) is 3.32. The number of hydrogen-bond donors (Lipinski definition) is 2. The van der Waals surface area contributed by atoms with E-state index in [0.29, 0.717) is 23.6 Å². The number of nitrogens with two attached hydrogens (primary N) is 1. The fourth-order valence-electron chi connectivity index (χ4n) is 2.01. The lowest BCUT2D eigenvalue weighted by molar-refractivity contribution is 0.355. The number of guanidine groups is 1. The number of nitrogens with zero attached hydrogens (tertiary/aromatic N) is 1. The van der Waals surface area contributed by atoms with Gasteiger partial charge in [-0.25, -0.2) is 9.38 Å². The van der Waals surface area contributed by atoms with Crippen LogP contribution in [0.25, 0.3) is 0 Å². The molecule has 2 aromatic carbocycles. The van der Waals surface area contributed by atoms with Gasteiger partial charge >= 0.3 is 0 Å². The maximum absolute atomic E-state index is 13.5. The molecule has 0 fully saturated rings. The number of halogens is 2. The predicted octanol–water partition coefficient (Wildman–Crippen LogP) is 3.70. The molecule has 0 aliphatic rings. The van der Waals surface area contributed by atoms with Gasteiger partial charge in [0.25, 0.3) is 0 Å². The summed E-state index contributed by atoms with van der Waals surface area (Å²) in [6.07, 6.45) is 0. The number of nitrogens with one attached hydrogen (secondary N) is 1. The number of aryl methyl sites for hydroxylation is 1. The van der Waals surface area contributed by atoms with E-state index < -0.39 is 0 Å². The lowest BCUT2D eigenvalue weighted by atomic mass is 10.1. The Balaban J connectivity index is 0.00000288. The Kier molecular flexibility index (Phi) is 7.76. The molecule has 2 aromatic rings. The first kappa shape index (κ1) is 20.0. The van der Waals surface area contributed by atoms with Gasteiger partial charge in [0.2, 0.25) is 0 Å². The fraction of sp³-hybridized carbons (Fsp3) is 0.235. The molecule has 0 spiro atoms. The van der Waals surface area contributed by atoms with E-state index in [9.17, 15) is 4.39 Å². The largest absolute Gasteiger partial charge is 0.493 e. The molecular weight excluding hydrogens is 424 g/mol. The van der Waals surface area contributed by atoms with Gasteiger partial charge in [-0.15, -0.1) is 24.0 Å². The summed E-state index contributed by atoms with van der Waals surface area (Å²) in [6, 6.07) is 10.3. The number of rotatable bonds is 5. The van der Waals surface area contributed by atoms with E-state index in [4.69, 9.17) is 15.2 Å². The lowest BCUT2D eigenvalue weighted by Crippen LogP contribution is -2.22. The van der Waals surface area contributed by atoms with E-state index in [1.165, 1.54) is 6.07 Å². The Bertz CT molecular complexity index is 723. The summed E-state index contributed by atoms with van der Waals surface area (Å²) in [6.45, 7) is 2.01. The van der Waals surface area contributed by atoms with Crippen LogP contribution >= 0.6 is 24.0 Å². The van der Waals surface area contributed by atoms with Crippen molar-refractivity contribution >= 4 is 35.6 Å². The molecule has 0 aliphatic carbocycles. The molecule has 3 N–H and O–H groups in total. The van der Waals surface area contributed by atoms with Crippen LogP contribution < -0.4 is 20.5 Å². The molecule has 0 bridgehead atoms. The third-order valence-corrected chi connectivity index (χ3v) is 3.32. The molecule has 0 atom stereocenters. The first-order chi connectivity index (χ1) is 11.0. The average Bonchev–Trinajstić information content (AvgIpc) is 2.55. The molecular formula is C17H21FIN3O2. The van der Waals surface area contributed by atoms with Crippen molar-refractivity contribution in [3.8, 4) is 11.5 Å². The summed E-state index contributed by atoms with van der Waals surface area (Å²) in [5.74, 6) is 1.21. The van der Waals surface area contributed by atoms with Gasteiger partial charge in [0.15, 0.2) is 17.5 Å². The summed E-state index contributed by atoms with van der Waals surface area (Å²) in [7, 11) is 3.13. The summed E-state index contributed by atoms with van der Waals surface area (Å²) in [5, 5.41) is 2.96. The van der Waals surface area contributed by atoms with E-state index >= 15 is 0 Å². The maximum atomic E-state index is 13.5. The van der Waals surface area contributed by atoms with Crippen molar-refractivity contribution in [2.24, 2.45) is 10.7 Å². The van der Waals surface area contributed by atoms with Crippen LogP contribution in [-0.2, 0) is 6.54 Å². The zero-order chi connectivity index (χ0) is 16.8. The van der Waals surface area contributed by atoms with Crippen LogP contribution in [0.5, 0.6) is 11.5 Å². The third kappa shape index (κ3) is 5.26. The van der Waals surface area contributed by atoms with Gasteiger partial charge in [0, 0.05) is 11.8 Å². The van der Waals surface area contributed by atoms with Crippen LogP contribution in [0, 0.1) is 12.7 Å². The van der Waals surface area contributed by atoms with Gasteiger partial charge in [-0.2, -0.15) is 0 Å². The fourth-order valence-corrected chi connectivity index (χ4v) is 2.01. The van der Waals surface area contributed by atoms with Crippen molar-refractivity contribution in [1.82, 2.24) is 0 Å². The molecule has 0 saturated heterocycles. The number of ether oxygens (including phenoxy) is 2. The second kappa shape index (κ2) is 9.31. The zero-order valence-corrected chi connectivity index (χ0v) is 16.1. The van der Waals surface area contributed by atoms with Crippen LogP contribution in [0.15, 0.2) is 41.4 Å². The highest BCUT2D eigenvalue weighted by Crippen LogP contribution is 2.29. The van der Waals surface area contributed by atoms with Gasteiger partial charge in [-0.1, -0.05) is 12.1 Å². The van der Waals surface area contributed by atoms with Crippen molar-refractivity contribution in [3.63, 3.8) is 0 Å². The van der Waals surface area contributed by atoms with Gasteiger partial charge in [-0.3, -0.25) is 0 Å². The van der Waals surface area contributed by atoms with E-state index in [1.807, 2.05) is 6.07 Å². The minimum Gasteiger partial charge on any atom is -0.493 e. The quantitative estimate of drug-likeness (QED) is 0.419. The van der Waals surface area contributed by atoms with Crippen LogP contribution in [0.3, 0.4) is 0 Å². The van der Waals surface area contributed by atoms with Crippen LogP contribution in [-0.4, -0.2) is 20.2 Å². The number of aliphatic imine (C=N–C) groups is 1. The minimum absolute atomic E-state index is 0. The highest BCUT2D eigenvalue weighted by molar-refractivity contribution is 14.0. The highest BCUT2D eigenvalue weighted by atomic mass is 127. The van der Waals surface area contributed by atoms with Gasteiger partial charge in [-0.05, 0) is 36.2 Å². The Morgan fingerprint density at radius 2 is 1.83 bits per heavy atom. The Hall–Kier alpha value is -2.03. The van der Waals surface area contributed by atoms with E-state index in [-0.39, 0.29) is 35.8 Å². The molecule has 0 unspecified atom stereocenters. The van der Waals surface area contributed by atoms with E-state index in [1.54, 1.807) is 45.4 Å². The van der Waals surface area contributed by atoms with Gasteiger partial charge in [0.05, 0.1) is 20.8 Å². The van der Waals surface area contributed by atoms with Crippen molar-refractivity contribution in [2.75, 3.05) is 19.5 Å². The van der Waals surface area contributed by atoms with Crippen molar-refractivity contribution in [1.29, 1.82) is 0 Å². The number of anilines is 1. The minimum atomic E-state index is -0.246. The topological polar surface area (TPSA) is 68.9 Å². The van der Waals surface area contributed by atoms with E-state index in [2.05, 4.69) is 10.3 Å². The molecule has 0 amide bonds. The molecule has 0 radical (unpaired) electrons. The first-order valence-electron chi connectivity index (χ1n) is 7.07. The van der Waals surface area contributed by atoms with Crippen LogP contribution in [0.4, 0.5) is 10.1 Å². The molecule has 130 valence electrons. The first-order valence-corrected chi connectivity index (χ1v) is 7.07. The van der Waals surface area contributed by atoms with Crippen LogP contribution in [0.1, 0.15) is 11.1 Å². The maximum Gasteiger partial charge on any atom is 0.193 e. The van der Waals surface area contributed by atoms with E-state index in [0.717, 1.165) is 11.3 Å². The van der Waals surface area contributed by atoms with Gasteiger partial charge < -0.3 is 20.5 Å². The van der Waals surface area contributed by atoms with Crippen molar-refractivity contribution < 1.29 is 13.9 Å². The van der Waals surface area contributed by atoms with Crippen molar-refractivity contribution in [3.05, 3.63) is 53.3 Å². The SMILES string of the molecule is COc1ccc(NC(N)=NCc2ccc(C)c(F)c2)cc1OC.I. The second-order valence-electron chi connectivity index (χ2n) is 4.98. The van der Waals surface area contributed by atoms with Crippen LogP contribution in [0.2, 0.25) is 0 Å². The monoisotopic (exact) mass is 445 g/mol. The normalized spacial score (nSPS) is 10.8. The molecule has 0 saturated carbocycles. The average molecular weight is 445 g/mol. The molecule has 5 nitrogen and oxygen atoms in total.